The number of amides is 1. The number of piperidine rings is 1. The lowest BCUT2D eigenvalue weighted by Crippen LogP contribution is -2.37. The van der Waals surface area contributed by atoms with Gasteiger partial charge in [-0.1, -0.05) is 13.0 Å². The van der Waals surface area contributed by atoms with Gasteiger partial charge in [-0.05, 0) is 57.3 Å². The Kier molecular flexibility index (Phi) is 7.94. The summed E-state index contributed by atoms with van der Waals surface area (Å²) in [6.07, 6.45) is 3.06. The van der Waals surface area contributed by atoms with Crippen LogP contribution in [0, 0.1) is 0 Å². The van der Waals surface area contributed by atoms with Gasteiger partial charge in [0.25, 0.3) is 5.91 Å². The van der Waals surface area contributed by atoms with Crippen molar-refractivity contribution in [1.29, 1.82) is 0 Å². The number of hydrogen-bond acceptors (Lipinski definition) is 5. The molecule has 1 aromatic heterocycles. The van der Waals surface area contributed by atoms with E-state index in [2.05, 4.69) is 28.9 Å². The second-order valence-corrected chi connectivity index (χ2v) is 8.37. The van der Waals surface area contributed by atoms with Crippen molar-refractivity contribution in [3.05, 3.63) is 53.5 Å². The van der Waals surface area contributed by atoms with E-state index in [1.54, 1.807) is 4.90 Å². The van der Waals surface area contributed by atoms with Gasteiger partial charge in [-0.2, -0.15) is 0 Å². The molecule has 30 heavy (non-hydrogen) atoms. The lowest BCUT2D eigenvalue weighted by molar-refractivity contribution is 0.0782. The summed E-state index contributed by atoms with van der Waals surface area (Å²) >= 11 is 0. The van der Waals surface area contributed by atoms with E-state index in [0.717, 1.165) is 62.7 Å². The summed E-state index contributed by atoms with van der Waals surface area (Å²) in [6.45, 7) is 6.48. The lowest BCUT2D eigenvalue weighted by atomic mass is 10.1. The van der Waals surface area contributed by atoms with Crippen molar-refractivity contribution in [2.75, 3.05) is 47.3 Å². The summed E-state index contributed by atoms with van der Waals surface area (Å²) in [5.74, 6) is 2.89. The molecule has 0 bridgehead atoms. The Labute approximate surface area is 180 Å². The van der Waals surface area contributed by atoms with Crippen molar-refractivity contribution in [3.8, 4) is 5.75 Å². The fraction of sp³-hybridized carbons (Fsp3) is 0.542. The molecule has 6 nitrogen and oxygen atoms in total. The Morgan fingerprint density at radius 3 is 2.50 bits per heavy atom. The topological polar surface area (TPSA) is 49.2 Å². The maximum atomic E-state index is 12.7. The summed E-state index contributed by atoms with van der Waals surface area (Å²) in [6, 6.07) is 11.7. The second-order valence-electron chi connectivity index (χ2n) is 8.37. The molecule has 0 radical (unpaired) electrons. The molecule has 0 N–H and O–H groups in total. The van der Waals surface area contributed by atoms with Crippen molar-refractivity contribution < 1.29 is 13.9 Å². The van der Waals surface area contributed by atoms with E-state index in [-0.39, 0.29) is 12.0 Å². The van der Waals surface area contributed by atoms with Crippen LogP contribution < -0.4 is 4.74 Å². The predicted octanol–water partition coefficient (Wildman–Crippen LogP) is 3.52. The molecule has 1 fully saturated rings. The molecule has 0 atom stereocenters. The first kappa shape index (κ1) is 22.4. The van der Waals surface area contributed by atoms with E-state index in [9.17, 15) is 4.79 Å². The van der Waals surface area contributed by atoms with Gasteiger partial charge in [0.2, 0.25) is 0 Å². The molecule has 2 aromatic rings. The minimum Gasteiger partial charge on any atom is -0.490 e. The van der Waals surface area contributed by atoms with Crippen molar-refractivity contribution in [2.24, 2.45) is 0 Å². The highest BCUT2D eigenvalue weighted by Crippen LogP contribution is 2.22. The van der Waals surface area contributed by atoms with Gasteiger partial charge in [-0.25, -0.2) is 0 Å². The Morgan fingerprint density at radius 2 is 1.83 bits per heavy atom. The highest BCUT2D eigenvalue weighted by Gasteiger charge is 2.22. The molecule has 1 aromatic carbocycles. The number of hydrogen-bond donors (Lipinski definition) is 0. The minimum atomic E-state index is 0.0296. The van der Waals surface area contributed by atoms with Crippen LogP contribution in [-0.2, 0) is 13.0 Å². The molecular weight excluding hydrogens is 378 g/mol. The van der Waals surface area contributed by atoms with Gasteiger partial charge >= 0.3 is 0 Å². The van der Waals surface area contributed by atoms with E-state index in [4.69, 9.17) is 9.15 Å². The van der Waals surface area contributed by atoms with Crippen LogP contribution in [0.4, 0.5) is 0 Å². The fourth-order valence-electron chi connectivity index (χ4n) is 3.67. The smallest absolute Gasteiger partial charge is 0.253 e. The zero-order valence-electron chi connectivity index (χ0n) is 18.8. The summed E-state index contributed by atoms with van der Waals surface area (Å²) in [5.41, 5.74) is 0.677. The fourth-order valence-corrected chi connectivity index (χ4v) is 3.67. The summed E-state index contributed by atoms with van der Waals surface area (Å²) in [7, 11) is 5.86. The number of nitrogens with zero attached hydrogens (tertiary/aromatic N) is 3. The molecule has 1 aliphatic rings. The van der Waals surface area contributed by atoms with E-state index in [1.165, 1.54) is 0 Å². The molecule has 0 unspecified atom stereocenters. The third-order valence-electron chi connectivity index (χ3n) is 5.59. The number of furan rings is 1. The third kappa shape index (κ3) is 6.34. The lowest BCUT2D eigenvalue weighted by Gasteiger charge is -2.31. The average Bonchev–Trinajstić information content (AvgIpc) is 3.20. The first-order valence-corrected chi connectivity index (χ1v) is 10.9. The number of carbonyl (C=O) groups is 1. The zero-order valence-corrected chi connectivity index (χ0v) is 18.8. The SMILES string of the molecule is CCc1ccc(CN2CCC(Oc3cccc(C(=O)N(C)CCN(C)C)c3)CC2)o1. The van der Waals surface area contributed by atoms with Gasteiger partial charge in [0.15, 0.2) is 0 Å². The van der Waals surface area contributed by atoms with Gasteiger partial charge in [-0.15, -0.1) is 0 Å². The van der Waals surface area contributed by atoms with E-state index < -0.39 is 0 Å². The highest BCUT2D eigenvalue weighted by molar-refractivity contribution is 5.94. The van der Waals surface area contributed by atoms with Gasteiger partial charge in [0.05, 0.1) is 6.54 Å². The monoisotopic (exact) mass is 413 g/mol. The summed E-state index contributed by atoms with van der Waals surface area (Å²) < 4.78 is 12.0. The number of likely N-dealkylation sites (N-methyl/N-ethyl adjacent to an activating group) is 2. The quantitative estimate of drug-likeness (QED) is 0.630. The van der Waals surface area contributed by atoms with Crippen LogP contribution in [-0.4, -0.2) is 74.0 Å². The second kappa shape index (κ2) is 10.6. The van der Waals surface area contributed by atoms with Crippen LogP contribution in [0.25, 0.3) is 0 Å². The van der Waals surface area contributed by atoms with Gasteiger partial charge in [0.1, 0.15) is 23.4 Å². The van der Waals surface area contributed by atoms with E-state index >= 15 is 0 Å². The Balaban J connectivity index is 1.49. The number of benzene rings is 1. The van der Waals surface area contributed by atoms with Crippen LogP contribution in [0.3, 0.4) is 0 Å². The molecular formula is C24H35N3O3. The van der Waals surface area contributed by atoms with E-state index in [0.29, 0.717) is 12.1 Å². The normalized spacial score (nSPS) is 15.5. The number of carbonyl (C=O) groups excluding carboxylic acids is 1. The first-order chi connectivity index (χ1) is 14.4. The Morgan fingerprint density at radius 1 is 1.10 bits per heavy atom. The van der Waals surface area contributed by atoms with Gasteiger partial charge in [-0.3, -0.25) is 9.69 Å². The maximum absolute atomic E-state index is 12.7. The average molecular weight is 414 g/mol. The zero-order chi connectivity index (χ0) is 21.5. The molecule has 0 saturated carbocycles. The van der Waals surface area contributed by atoms with Crippen LogP contribution in [0.5, 0.6) is 5.75 Å². The standard InChI is InChI=1S/C24H35N3O3/c1-5-20-9-10-23(29-20)18-27-13-11-21(12-14-27)30-22-8-6-7-19(17-22)24(28)26(4)16-15-25(2)3/h6-10,17,21H,5,11-16,18H2,1-4H3. The first-order valence-electron chi connectivity index (χ1n) is 10.9. The molecule has 2 heterocycles. The molecule has 1 aliphatic heterocycles. The van der Waals surface area contributed by atoms with E-state index in [1.807, 2.05) is 45.4 Å². The minimum absolute atomic E-state index is 0.0296. The number of ether oxygens (including phenoxy) is 1. The van der Waals surface area contributed by atoms with Gasteiger partial charge in [0, 0.05) is 45.2 Å². The molecule has 6 heteroatoms. The molecule has 0 aliphatic carbocycles. The number of aryl methyl sites for hydroxylation is 1. The maximum Gasteiger partial charge on any atom is 0.253 e. The summed E-state index contributed by atoms with van der Waals surface area (Å²) in [4.78, 5) is 18.9. The van der Waals surface area contributed by atoms with Crippen molar-refractivity contribution in [1.82, 2.24) is 14.7 Å². The summed E-state index contributed by atoms with van der Waals surface area (Å²) in [5, 5.41) is 0. The van der Waals surface area contributed by atoms with Crippen LogP contribution >= 0.6 is 0 Å². The van der Waals surface area contributed by atoms with Crippen molar-refractivity contribution >= 4 is 5.91 Å². The third-order valence-corrected chi connectivity index (χ3v) is 5.59. The van der Waals surface area contributed by atoms with Crippen LogP contribution in [0.15, 0.2) is 40.8 Å². The highest BCUT2D eigenvalue weighted by atomic mass is 16.5. The number of rotatable bonds is 9. The molecule has 0 spiro atoms. The van der Waals surface area contributed by atoms with Gasteiger partial charge < -0.3 is 19.0 Å². The predicted molar refractivity (Wildman–Crippen MR) is 119 cm³/mol. The largest absolute Gasteiger partial charge is 0.490 e. The Hall–Kier alpha value is -2.31. The van der Waals surface area contributed by atoms with Crippen LogP contribution in [0.2, 0.25) is 0 Å². The van der Waals surface area contributed by atoms with Crippen LogP contribution in [0.1, 0.15) is 41.6 Å². The van der Waals surface area contributed by atoms with Crippen molar-refractivity contribution in [2.45, 2.75) is 38.8 Å². The molecule has 1 saturated heterocycles. The van der Waals surface area contributed by atoms with Crippen molar-refractivity contribution in [3.63, 3.8) is 0 Å². The molecule has 1 amide bonds. The molecule has 3 rings (SSSR count). The number of likely N-dealkylation sites (tertiary alicyclic amines) is 1. The Bertz CT molecular complexity index is 810. The molecule has 164 valence electrons.